The monoisotopic (exact) mass is 271 g/mol. The molecule has 0 atom stereocenters. The molecule has 1 heterocycles. The van der Waals surface area contributed by atoms with Crippen LogP contribution in [0.1, 0.15) is 34.0 Å². The van der Waals surface area contributed by atoms with E-state index < -0.39 is 17.6 Å². The van der Waals surface area contributed by atoms with Crippen molar-refractivity contribution in [1.82, 2.24) is 5.32 Å². The lowest BCUT2D eigenvalue weighted by molar-refractivity contribution is -0.138. The van der Waals surface area contributed by atoms with E-state index in [1.165, 1.54) is 6.07 Å². The van der Waals surface area contributed by atoms with Crippen molar-refractivity contribution in [2.75, 3.05) is 6.61 Å². The molecule has 1 aromatic carbocycles. The Kier molecular flexibility index (Phi) is 3.26. The van der Waals surface area contributed by atoms with Crippen LogP contribution in [0.25, 0.3) is 5.76 Å². The first kappa shape index (κ1) is 13.5. The second-order valence-corrected chi connectivity index (χ2v) is 4.09. The maximum absolute atomic E-state index is 13.0. The van der Waals surface area contributed by atoms with Crippen LogP contribution in [-0.4, -0.2) is 12.5 Å². The Balaban J connectivity index is 2.58. The molecule has 1 aliphatic rings. The summed E-state index contributed by atoms with van der Waals surface area (Å²) in [6.07, 6.45) is -4.51. The van der Waals surface area contributed by atoms with Crippen LogP contribution in [0.15, 0.2) is 18.7 Å². The van der Waals surface area contributed by atoms with Gasteiger partial charge in [-0.2, -0.15) is 13.2 Å². The number of halogens is 3. The molecule has 0 spiro atoms. The largest absolute Gasteiger partial charge is 0.494 e. The van der Waals surface area contributed by atoms with E-state index >= 15 is 0 Å². The molecule has 0 bridgehead atoms. The van der Waals surface area contributed by atoms with Crippen molar-refractivity contribution in [3.8, 4) is 0 Å². The quantitative estimate of drug-likeness (QED) is 0.858. The molecule has 0 fully saturated rings. The predicted octanol–water partition coefficient (Wildman–Crippen LogP) is 2.96. The molecule has 1 N–H and O–H groups in total. The number of hydrogen-bond acceptors (Lipinski definition) is 2. The number of hydrogen-bond donors (Lipinski definition) is 1. The second kappa shape index (κ2) is 4.60. The summed E-state index contributed by atoms with van der Waals surface area (Å²) in [6, 6.07) is 2.35. The summed E-state index contributed by atoms with van der Waals surface area (Å²) in [5.41, 5.74) is -0.639. The maximum Gasteiger partial charge on any atom is 0.416 e. The minimum Gasteiger partial charge on any atom is -0.494 e. The zero-order valence-electron chi connectivity index (χ0n) is 10.2. The molecule has 0 aromatic heterocycles. The number of rotatable bonds is 3. The van der Waals surface area contributed by atoms with Crippen LogP contribution >= 0.6 is 0 Å². The lowest BCUT2D eigenvalue weighted by atomic mass is 9.98. The lowest BCUT2D eigenvalue weighted by Gasteiger charge is -2.14. The Morgan fingerprint density at radius 3 is 2.74 bits per heavy atom. The number of amides is 1. The van der Waals surface area contributed by atoms with Gasteiger partial charge in [0, 0.05) is 17.7 Å². The minimum atomic E-state index is -4.51. The average Bonchev–Trinajstić information content (AvgIpc) is 2.69. The fourth-order valence-electron chi connectivity index (χ4n) is 2.00. The van der Waals surface area contributed by atoms with Crippen molar-refractivity contribution < 1.29 is 22.7 Å². The molecule has 0 saturated carbocycles. The van der Waals surface area contributed by atoms with Gasteiger partial charge in [0.15, 0.2) is 0 Å². The molecular formula is C13H12F3NO2. The first-order chi connectivity index (χ1) is 8.84. The summed E-state index contributed by atoms with van der Waals surface area (Å²) in [5, 5.41) is 2.39. The molecule has 1 aliphatic heterocycles. The Morgan fingerprint density at radius 1 is 1.47 bits per heavy atom. The Hall–Kier alpha value is -1.98. The molecular weight excluding hydrogens is 259 g/mol. The van der Waals surface area contributed by atoms with Gasteiger partial charge in [0.2, 0.25) is 0 Å². The molecule has 19 heavy (non-hydrogen) atoms. The van der Waals surface area contributed by atoms with E-state index in [1.54, 1.807) is 6.92 Å². The van der Waals surface area contributed by atoms with Crippen LogP contribution in [0.3, 0.4) is 0 Å². The number of ether oxygens (including phenoxy) is 1. The van der Waals surface area contributed by atoms with E-state index in [0.29, 0.717) is 6.61 Å². The van der Waals surface area contributed by atoms with Gasteiger partial charge in [0.1, 0.15) is 5.76 Å². The Labute approximate surface area is 108 Å². The molecule has 0 unspecified atom stereocenters. The number of fused-ring (bicyclic) bond motifs is 1. The molecule has 102 valence electrons. The minimum absolute atomic E-state index is 0.0226. The SMILES string of the molecule is C=C(OCC)c1cc2c(c(C(F)(F)F)c1)CNC2=O. The van der Waals surface area contributed by atoms with E-state index in [2.05, 4.69) is 11.9 Å². The molecule has 3 nitrogen and oxygen atoms in total. The number of carbonyl (C=O) groups excluding carboxylic acids is 1. The van der Waals surface area contributed by atoms with Crippen LogP contribution in [0.5, 0.6) is 0 Å². The fourth-order valence-corrected chi connectivity index (χ4v) is 2.00. The van der Waals surface area contributed by atoms with Gasteiger partial charge in [-0.1, -0.05) is 6.58 Å². The third-order valence-corrected chi connectivity index (χ3v) is 2.87. The summed E-state index contributed by atoms with van der Waals surface area (Å²) < 4.78 is 44.1. The first-order valence-corrected chi connectivity index (χ1v) is 5.69. The van der Waals surface area contributed by atoms with Crippen molar-refractivity contribution >= 4 is 11.7 Å². The third-order valence-electron chi connectivity index (χ3n) is 2.87. The predicted molar refractivity (Wildman–Crippen MR) is 63.3 cm³/mol. The maximum atomic E-state index is 13.0. The van der Waals surface area contributed by atoms with Gasteiger partial charge in [-0.15, -0.1) is 0 Å². The molecule has 0 aliphatic carbocycles. The van der Waals surface area contributed by atoms with Crippen molar-refractivity contribution in [2.24, 2.45) is 0 Å². The second-order valence-electron chi connectivity index (χ2n) is 4.09. The third kappa shape index (κ3) is 2.43. The van der Waals surface area contributed by atoms with Crippen LogP contribution in [0, 0.1) is 0 Å². The number of benzene rings is 1. The zero-order chi connectivity index (χ0) is 14.2. The van der Waals surface area contributed by atoms with Gasteiger partial charge >= 0.3 is 6.18 Å². The van der Waals surface area contributed by atoms with E-state index in [0.717, 1.165) is 6.07 Å². The van der Waals surface area contributed by atoms with Crippen LogP contribution in [-0.2, 0) is 17.5 Å². The smallest absolute Gasteiger partial charge is 0.416 e. The van der Waals surface area contributed by atoms with Gasteiger partial charge in [-0.3, -0.25) is 4.79 Å². The van der Waals surface area contributed by atoms with E-state index in [-0.39, 0.29) is 29.0 Å². The standard InChI is InChI=1S/C13H12F3NO2/c1-3-19-7(2)8-4-9-10(6-17-12(9)18)11(5-8)13(14,15)16/h4-5H,2-3,6H2,1H3,(H,17,18). The van der Waals surface area contributed by atoms with Crippen molar-refractivity contribution in [3.63, 3.8) is 0 Å². The molecule has 6 heteroatoms. The van der Waals surface area contributed by atoms with Crippen LogP contribution in [0.2, 0.25) is 0 Å². The van der Waals surface area contributed by atoms with Crippen LogP contribution in [0.4, 0.5) is 13.2 Å². The normalized spacial score (nSPS) is 14.0. The summed E-state index contributed by atoms with van der Waals surface area (Å²) in [7, 11) is 0. The Morgan fingerprint density at radius 2 is 2.16 bits per heavy atom. The molecule has 0 radical (unpaired) electrons. The van der Waals surface area contributed by atoms with Crippen molar-refractivity contribution in [2.45, 2.75) is 19.6 Å². The first-order valence-electron chi connectivity index (χ1n) is 5.69. The van der Waals surface area contributed by atoms with Gasteiger partial charge in [0.25, 0.3) is 5.91 Å². The van der Waals surface area contributed by atoms with E-state index in [1.807, 2.05) is 0 Å². The van der Waals surface area contributed by atoms with Crippen molar-refractivity contribution in [1.29, 1.82) is 0 Å². The summed E-state index contributed by atoms with van der Waals surface area (Å²) in [4.78, 5) is 11.5. The average molecular weight is 271 g/mol. The fraction of sp³-hybridized carbons (Fsp3) is 0.308. The number of alkyl halides is 3. The molecule has 2 rings (SSSR count). The highest BCUT2D eigenvalue weighted by Crippen LogP contribution is 2.37. The molecule has 1 aromatic rings. The highest BCUT2D eigenvalue weighted by Gasteiger charge is 2.37. The molecule has 1 amide bonds. The summed E-state index contributed by atoms with van der Waals surface area (Å²) in [6.45, 7) is 5.46. The summed E-state index contributed by atoms with van der Waals surface area (Å²) in [5.74, 6) is -0.387. The summed E-state index contributed by atoms with van der Waals surface area (Å²) >= 11 is 0. The topological polar surface area (TPSA) is 38.3 Å². The Bertz CT molecular complexity index is 550. The van der Waals surface area contributed by atoms with Crippen LogP contribution < -0.4 is 5.32 Å². The van der Waals surface area contributed by atoms with Crippen molar-refractivity contribution in [3.05, 3.63) is 41.0 Å². The van der Waals surface area contributed by atoms with E-state index in [9.17, 15) is 18.0 Å². The van der Waals surface area contributed by atoms with Gasteiger partial charge in [0.05, 0.1) is 12.2 Å². The highest BCUT2D eigenvalue weighted by molar-refractivity contribution is 5.99. The van der Waals surface area contributed by atoms with Gasteiger partial charge in [-0.05, 0) is 24.6 Å². The van der Waals surface area contributed by atoms with E-state index in [4.69, 9.17) is 4.74 Å². The van der Waals surface area contributed by atoms with Gasteiger partial charge in [-0.25, -0.2) is 0 Å². The number of carbonyl (C=O) groups is 1. The van der Waals surface area contributed by atoms with Gasteiger partial charge < -0.3 is 10.1 Å². The highest BCUT2D eigenvalue weighted by atomic mass is 19.4. The molecule has 0 saturated heterocycles. The lowest BCUT2D eigenvalue weighted by Crippen LogP contribution is -2.12. The number of nitrogens with one attached hydrogen (secondary N) is 1. The zero-order valence-corrected chi connectivity index (χ0v) is 10.2.